The third-order valence-electron chi connectivity index (χ3n) is 5.14. The van der Waals surface area contributed by atoms with Crippen LogP contribution in [0, 0.1) is 0 Å². The van der Waals surface area contributed by atoms with Crippen molar-refractivity contribution >= 4 is 17.6 Å². The third-order valence-corrected chi connectivity index (χ3v) is 5.14. The van der Waals surface area contributed by atoms with Gasteiger partial charge in [-0.1, -0.05) is 42.5 Å². The van der Waals surface area contributed by atoms with E-state index >= 15 is 0 Å². The minimum Gasteiger partial charge on any atom is -0.488 e. The maximum Gasteiger partial charge on any atom is 0.337 e. The van der Waals surface area contributed by atoms with Gasteiger partial charge >= 0.3 is 5.97 Å². The predicted octanol–water partition coefficient (Wildman–Crippen LogP) is 4.25. The molecule has 1 aliphatic rings. The van der Waals surface area contributed by atoms with Gasteiger partial charge in [0.25, 0.3) is 5.91 Å². The number of ether oxygens (including phenoxy) is 2. The molecule has 3 aromatic carbocycles. The van der Waals surface area contributed by atoms with Crippen molar-refractivity contribution < 1.29 is 19.1 Å². The molecule has 1 heterocycles. The van der Waals surface area contributed by atoms with Crippen LogP contribution < -0.4 is 10.1 Å². The van der Waals surface area contributed by atoms with Crippen LogP contribution in [-0.4, -0.2) is 30.9 Å². The van der Waals surface area contributed by atoms with E-state index in [2.05, 4.69) is 5.32 Å². The van der Waals surface area contributed by atoms with E-state index in [4.69, 9.17) is 9.47 Å². The highest BCUT2D eigenvalue weighted by Gasteiger charge is 2.31. The Morgan fingerprint density at radius 3 is 2.47 bits per heavy atom. The summed E-state index contributed by atoms with van der Waals surface area (Å²) in [4.78, 5) is 26.1. The van der Waals surface area contributed by atoms with Gasteiger partial charge in [-0.05, 0) is 35.9 Å². The standard InChI is InChI=1S/C24H22N2O4/c1-26-22(25-20-9-5-3-7-18(20)23(26)27)19-8-4-6-10-21(19)30-15-16-11-13-17(14-12-16)24(28)29-2/h3-14,22,25H,15H2,1-2H3/t22-/m0/s1. The first kappa shape index (κ1) is 19.5. The number of esters is 1. The lowest BCUT2D eigenvalue weighted by Crippen LogP contribution is -2.40. The van der Waals surface area contributed by atoms with Crippen molar-refractivity contribution in [3.63, 3.8) is 0 Å². The molecule has 4 rings (SSSR count). The highest BCUT2D eigenvalue weighted by Crippen LogP contribution is 2.36. The summed E-state index contributed by atoms with van der Waals surface area (Å²) < 4.78 is 10.8. The normalized spacial score (nSPS) is 15.2. The molecule has 30 heavy (non-hydrogen) atoms. The molecule has 0 saturated heterocycles. The molecule has 1 aliphatic heterocycles. The van der Waals surface area contributed by atoms with E-state index in [1.54, 1.807) is 24.1 Å². The molecule has 152 valence electrons. The lowest BCUT2D eigenvalue weighted by molar-refractivity contribution is 0.0600. The predicted molar refractivity (Wildman–Crippen MR) is 113 cm³/mol. The molecule has 0 aliphatic carbocycles. The molecule has 6 nitrogen and oxygen atoms in total. The first-order valence-corrected chi connectivity index (χ1v) is 9.60. The van der Waals surface area contributed by atoms with E-state index in [0.717, 1.165) is 16.8 Å². The molecule has 1 amide bonds. The van der Waals surface area contributed by atoms with Crippen LogP contribution in [0.3, 0.4) is 0 Å². The van der Waals surface area contributed by atoms with Gasteiger partial charge in [-0.15, -0.1) is 0 Å². The average molecular weight is 402 g/mol. The average Bonchev–Trinajstić information content (AvgIpc) is 2.80. The Morgan fingerprint density at radius 2 is 1.70 bits per heavy atom. The number of fused-ring (bicyclic) bond motifs is 1. The molecule has 0 fully saturated rings. The summed E-state index contributed by atoms with van der Waals surface area (Å²) in [6.45, 7) is 0.333. The number of rotatable bonds is 5. The lowest BCUT2D eigenvalue weighted by atomic mass is 10.0. The van der Waals surface area contributed by atoms with Crippen LogP contribution in [0.1, 0.15) is 38.0 Å². The third kappa shape index (κ3) is 3.72. The topological polar surface area (TPSA) is 67.9 Å². The SMILES string of the molecule is COC(=O)c1ccc(COc2ccccc2[C@H]2Nc3ccccc3C(=O)N2C)cc1. The Morgan fingerprint density at radius 1 is 1.00 bits per heavy atom. The van der Waals surface area contributed by atoms with E-state index in [0.29, 0.717) is 23.5 Å². The quantitative estimate of drug-likeness (QED) is 0.647. The molecule has 0 radical (unpaired) electrons. The fourth-order valence-corrected chi connectivity index (χ4v) is 3.49. The Kier molecular flexibility index (Phi) is 5.39. The maximum atomic E-state index is 12.8. The number of carbonyl (C=O) groups is 2. The van der Waals surface area contributed by atoms with Crippen molar-refractivity contribution in [2.75, 3.05) is 19.5 Å². The first-order chi connectivity index (χ1) is 14.6. The minimum atomic E-state index is -0.371. The maximum absolute atomic E-state index is 12.8. The molecule has 0 aromatic heterocycles. The van der Waals surface area contributed by atoms with E-state index < -0.39 is 0 Å². The van der Waals surface area contributed by atoms with Crippen LogP contribution in [0.25, 0.3) is 0 Å². The number of benzene rings is 3. The summed E-state index contributed by atoms with van der Waals surface area (Å²) >= 11 is 0. The highest BCUT2D eigenvalue weighted by atomic mass is 16.5. The van der Waals surface area contributed by atoms with Crippen LogP contribution in [0.5, 0.6) is 5.75 Å². The Labute approximate surface area is 175 Å². The summed E-state index contributed by atoms with van der Waals surface area (Å²) in [5.74, 6) is 0.276. The Balaban J connectivity index is 1.55. The molecule has 0 saturated carbocycles. The fourth-order valence-electron chi connectivity index (χ4n) is 3.49. The van der Waals surface area contributed by atoms with E-state index in [9.17, 15) is 9.59 Å². The Bertz CT molecular complexity index is 1080. The van der Waals surface area contributed by atoms with Crippen LogP contribution in [0.15, 0.2) is 72.8 Å². The van der Waals surface area contributed by atoms with E-state index in [1.165, 1.54) is 7.11 Å². The summed E-state index contributed by atoms with van der Waals surface area (Å²) in [5.41, 5.74) is 3.74. The van der Waals surface area contributed by atoms with Gasteiger partial charge in [-0.25, -0.2) is 4.79 Å². The van der Waals surface area contributed by atoms with E-state index in [-0.39, 0.29) is 18.0 Å². The van der Waals surface area contributed by atoms with Gasteiger partial charge in [-0.3, -0.25) is 4.79 Å². The number of methoxy groups -OCH3 is 1. The van der Waals surface area contributed by atoms with Crippen LogP contribution in [-0.2, 0) is 11.3 Å². The molecule has 0 spiro atoms. The van der Waals surface area contributed by atoms with Gasteiger partial charge in [0.05, 0.1) is 18.2 Å². The summed E-state index contributed by atoms with van der Waals surface area (Å²) in [5, 5.41) is 3.43. The number of carbonyl (C=O) groups excluding carboxylic acids is 2. The number of hydrogen-bond acceptors (Lipinski definition) is 5. The van der Waals surface area contributed by atoms with Crippen LogP contribution in [0.2, 0.25) is 0 Å². The summed E-state index contributed by atoms with van der Waals surface area (Å²) in [6.07, 6.45) is -0.342. The van der Waals surface area contributed by atoms with Gasteiger partial charge in [0.2, 0.25) is 0 Å². The number of para-hydroxylation sites is 2. The molecular weight excluding hydrogens is 380 g/mol. The zero-order valence-electron chi connectivity index (χ0n) is 16.8. The molecule has 1 atom stereocenters. The molecule has 3 aromatic rings. The van der Waals surface area contributed by atoms with Crippen molar-refractivity contribution in [2.24, 2.45) is 0 Å². The molecule has 1 N–H and O–H groups in total. The number of anilines is 1. The number of hydrogen-bond donors (Lipinski definition) is 1. The van der Waals surface area contributed by atoms with Crippen molar-refractivity contribution in [2.45, 2.75) is 12.8 Å². The van der Waals surface area contributed by atoms with Gasteiger partial charge in [0, 0.05) is 18.3 Å². The first-order valence-electron chi connectivity index (χ1n) is 9.60. The van der Waals surface area contributed by atoms with Gasteiger partial charge in [-0.2, -0.15) is 0 Å². The number of amides is 1. The van der Waals surface area contributed by atoms with Crippen LogP contribution in [0.4, 0.5) is 5.69 Å². The smallest absolute Gasteiger partial charge is 0.337 e. The number of nitrogens with one attached hydrogen (secondary N) is 1. The van der Waals surface area contributed by atoms with Gasteiger partial charge in [0.1, 0.15) is 18.5 Å². The van der Waals surface area contributed by atoms with E-state index in [1.807, 2.05) is 60.7 Å². The number of nitrogens with zero attached hydrogens (tertiary/aromatic N) is 1. The second kappa shape index (κ2) is 8.29. The van der Waals surface area contributed by atoms with Gasteiger partial charge in [0.15, 0.2) is 0 Å². The zero-order chi connectivity index (χ0) is 21.1. The lowest BCUT2D eigenvalue weighted by Gasteiger charge is -2.36. The van der Waals surface area contributed by atoms with Crippen molar-refractivity contribution in [1.82, 2.24) is 4.90 Å². The van der Waals surface area contributed by atoms with Gasteiger partial charge < -0.3 is 19.7 Å². The Hall–Kier alpha value is -3.80. The second-order valence-corrected chi connectivity index (χ2v) is 7.02. The molecule has 0 bridgehead atoms. The molecule has 6 heteroatoms. The summed E-state index contributed by atoms with van der Waals surface area (Å²) in [7, 11) is 3.13. The highest BCUT2D eigenvalue weighted by molar-refractivity contribution is 6.01. The van der Waals surface area contributed by atoms with Crippen molar-refractivity contribution in [3.8, 4) is 5.75 Å². The largest absolute Gasteiger partial charge is 0.488 e. The van der Waals surface area contributed by atoms with Crippen molar-refractivity contribution in [3.05, 3.63) is 95.1 Å². The second-order valence-electron chi connectivity index (χ2n) is 7.02. The monoisotopic (exact) mass is 402 g/mol. The van der Waals surface area contributed by atoms with Crippen LogP contribution >= 0.6 is 0 Å². The zero-order valence-corrected chi connectivity index (χ0v) is 16.8. The molecular formula is C24H22N2O4. The van der Waals surface area contributed by atoms with Crippen molar-refractivity contribution in [1.29, 1.82) is 0 Å². The summed E-state index contributed by atoms with van der Waals surface area (Å²) in [6, 6.07) is 22.2. The fraction of sp³-hybridized carbons (Fsp3) is 0.167. The minimum absolute atomic E-state index is 0.0393. The molecule has 0 unspecified atom stereocenters.